The Morgan fingerprint density at radius 1 is 1.19 bits per heavy atom. The third kappa shape index (κ3) is 2.70. The zero-order valence-electron chi connectivity index (χ0n) is 9.56. The Hall–Kier alpha value is -1.61. The minimum absolute atomic E-state index is 0.841. The number of nitrogens with zero attached hydrogens (tertiary/aromatic N) is 2. The fraction of sp³-hybridized carbons (Fsp3) is 0.308. The summed E-state index contributed by atoms with van der Waals surface area (Å²) in [5, 5.41) is 7.85. The molecule has 0 amide bonds. The van der Waals surface area contributed by atoms with Gasteiger partial charge in [0, 0.05) is 12.7 Å². The van der Waals surface area contributed by atoms with Crippen molar-refractivity contribution in [2.24, 2.45) is 0 Å². The number of hydrogen-bond acceptors (Lipinski definition) is 2. The van der Waals surface area contributed by atoms with Gasteiger partial charge >= 0.3 is 0 Å². The number of benzene rings is 1. The Kier molecular flexibility index (Phi) is 3.72. The fourth-order valence-electron chi connectivity index (χ4n) is 1.57. The van der Waals surface area contributed by atoms with Gasteiger partial charge < -0.3 is 5.32 Å². The molecule has 1 heterocycles. The van der Waals surface area contributed by atoms with Crippen LogP contribution in [0.3, 0.4) is 0 Å². The molecule has 0 radical (unpaired) electrons. The highest BCUT2D eigenvalue weighted by Gasteiger charge is 1.99. The van der Waals surface area contributed by atoms with Gasteiger partial charge in [0.15, 0.2) is 0 Å². The van der Waals surface area contributed by atoms with Crippen LogP contribution in [-0.2, 0) is 6.54 Å². The van der Waals surface area contributed by atoms with E-state index in [1.54, 1.807) is 0 Å². The highest BCUT2D eigenvalue weighted by Crippen LogP contribution is 2.06. The first-order valence-corrected chi connectivity index (χ1v) is 5.71. The number of aromatic nitrogens is 2. The lowest BCUT2D eigenvalue weighted by atomic mass is 10.3. The fourth-order valence-corrected chi connectivity index (χ4v) is 1.57. The van der Waals surface area contributed by atoms with Crippen LogP contribution in [0.5, 0.6) is 0 Å². The number of hydrogen-bond donors (Lipinski definition) is 1. The van der Waals surface area contributed by atoms with Gasteiger partial charge in [-0.15, -0.1) is 0 Å². The molecule has 0 fully saturated rings. The topological polar surface area (TPSA) is 29.9 Å². The molecule has 2 aromatic rings. The molecule has 1 aromatic carbocycles. The van der Waals surface area contributed by atoms with Gasteiger partial charge in [0.1, 0.15) is 0 Å². The number of rotatable bonds is 5. The van der Waals surface area contributed by atoms with E-state index in [-0.39, 0.29) is 0 Å². The molecule has 1 N–H and O–H groups in total. The van der Waals surface area contributed by atoms with E-state index in [1.807, 2.05) is 29.1 Å². The first-order valence-electron chi connectivity index (χ1n) is 5.71. The van der Waals surface area contributed by atoms with E-state index < -0.39 is 0 Å². The minimum atomic E-state index is 0.841. The molecule has 3 heteroatoms. The van der Waals surface area contributed by atoms with E-state index >= 15 is 0 Å². The van der Waals surface area contributed by atoms with Crippen molar-refractivity contribution >= 4 is 0 Å². The summed E-state index contributed by atoms with van der Waals surface area (Å²) in [6.45, 7) is 4.04. The quantitative estimate of drug-likeness (QED) is 0.776. The van der Waals surface area contributed by atoms with Gasteiger partial charge in [0.05, 0.1) is 11.4 Å². The Labute approximate surface area is 96.1 Å². The van der Waals surface area contributed by atoms with Crippen LogP contribution in [0.4, 0.5) is 0 Å². The maximum absolute atomic E-state index is 4.51. The molecule has 3 nitrogen and oxygen atoms in total. The van der Waals surface area contributed by atoms with Crippen molar-refractivity contribution in [3.63, 3.8) is 0 Å². The standard InChI is InChI=1S/C13H17N3/c1-2-9-14-11-12-8-10-16(15-12)13-6-4-3-5-7-13/h3-8,10,14H,2,9,11H2,1H3. The summed E-state index contributed by atoms with van der Waals surface area (Å²) in [4.78, 5) is 0. The van der Waals surface area contributed by atoms with Crippen LogP contribution in [0.15, 0.2) is 42.6 Å². The summed E-state index contributed by atoms with van der Waals surface area (Å²) in [6.07, 6.45) is 3.15. The predicted octanol–water partition coefficient (Wildman–Crippen LogP) is 2.37. The third-order valence-electron chi connectivity index (χ3n) is 2.40. The molecule has 0 aliphatic heterocycles. The van der Waals surface area contributed by atoms with Crippen molar-refractivity contribution in [3.8, 4) is 5.69 Å². The molecule has 16 heavy (non-hydrogen) atoms. The van der Waals surface area contributed by atoms with Crippen molar-refractivity contribution in [3.05, 3.63) is 48.3 Å². The molecule has 0 spiro atoms. The summed E-state index contributed by atoms with van der Waals surface area (Å²) in [5.41, 5.74) is 2.18. The molecule has 0 bridgehead atoms. The molecule has 0 unspecified atom stereocenters. The zero-order valence-corrected chi connectivity index (χ0v) is 9.56. The summed E-state index contributed by atoms with van der Waals surface area (Å²) in [6, 6.07) is 12.2. The molecule has 1 aromatic heterocycles. The van der Waals surface area contributed by atoms with Crippen molar-refractivity contribution in [2.45, 2.75) is 19.9 Å². The second-order valence-electron chi connectivity index (χ2n) is 3.76. The SMILES string of the molecule is CCCNCc1ccn(-c2ccccc2)n1. The number of nitrogens with one attached hydrogen (secondary N) is 1. The largest absolute Gasteiger partial charge is 0.311 e. The van der Waals surface area contributed by atoms with Crippen molar-refractivity contribution < 1.29 is 0 Å². The summed E-state index contributed by atoms with van der Waals surface area (Å²) in [5.74, 6) is 0. The highest BCUT2D eigenvalue weighted by atomic mass is 15.3. The molecule has 0 saturated carbocycles. The lowest BCUT2D eigenvalue weighted by Gasteiger charge is -2.01. The smallest absolute Gasteiger partial charge is 0.0766 e. The van der Waals surface area contributed by atoms with Crippen LogP contribution in [-0.4, -0.2) is 16.3 Å². The van der Waals surface area contributed by atoms with E-state index in [1.165, 1.54) is 0 Å². The maximum atomic E-state index is 4.51. The van der Waals surface area contributed by atoms with E-state index in [9.17, 15) is 0 Å². The van der Waals surface area contributed by atoms with Gasteiger partial charge in [-0.2, -0.15) is 5.10 Å². The normalized spacial score (nSPS) is 10.6. The van der Waals surface area contributed by atoms with Crippen LogP contribution in [0, 0.1) is 0 Å². The predicted molar refractivity (Wildman–Crippen MR) is 65.6 cm³/mol. The van der Waals surface area contributed by atoms with Gasteiger partial charge in [-0.3, -0.25) is 0 Å². The first-order chi connectivity index (χ1) is 7.90. The van der Waals surface area contributed by atoms with E-state index in [4.69, 9.17) is 0 Å². The maximum Gasteiger partial charge on any atom is 0.0766 e. The molecular formula is C13H17N3. The van der Waals surface area contributed by atoms with Crippen LogP contribution in [0.1, 0.15) is 19.0 Å². The minimum Gasteiger partial charge on any atom is -0.311 e. The molecule has 0 aliphatic rings. The number of para-hydroxylation sites is 1. The monoisotopic (exact) mass is 215 g/mol. The van der Waals surface area contributed by atoms with Gasteiger partial charge in [-0.25, -0.2) is 4.68 Å². The van der Waals surface area contributed by atoms with Crippen LogP contribution in [0.2, 0.25) is 0 Å². The van der Waals surface area contributed by atoms with E-state index in [2.05, 4.69) is 35.5 Å². The lowest BCUT2D eigenvalue weighted by molar-refractivity contribution is 0.656. The van der Waals surface area contributed by atoms with Gasteiger partial charge in [0.25, 0.3) is 0 Å². The third-order valence-corrected chi connectivity index (χ3v) is 2.40. The van der Waals surface area contributed by atoms with Crippen molar-refractivity contribution in [1.82, 2.24) is 15.1 Å². The van der Waals surface area contributed by atoms with Crippen LogP contribution in [0.25, 0.3) is 5.69 Å². The summed E-state index contributed by atoms with van der Waals surface area (Å²) >= 11 is 0. The second-order valence-corrected chi connectivity index (χ2v) is 3.76. The van der Waals surface area contributed by atoms with E-state index in [0.29, 0.717) is 0 Å². The molecule has 84 valence electrons. The highest BCUT2D eigenvalue weighted by molar-refractivity contribution is 5.30. The summed E-state index contributed by atoms with van der Waals surface area (Å²) in [7, 11) is 0. The molecule has 0 aliphatic carbocycles. The Morgan fingerprint density at radius 2 is 2.00 bits per heavy atom. The van der Waals surface area contributed by atoms with E-state index in [0.717, 1.165) is 30.9 Å². The zero-order chi connectivity index (χ0) is 11.2. The first kappa shape index (κ1) is 10.9. The summed E-state index contributed by atoms with van der Waals surface area (Å²) < 4.78 is 1.91. The van der Waals surface area contributed by atoms with Gasteiger partial charge in [0.2, 0.25) is 0 Å². The second kappa shape index (κ2) is 5.47. The Bertz CT molecular complexity index is 420. The lowest BCUT2D eigenvalue weighted by Crippen LogP contribution is -2.14. The van der Waals surface area contributed by atoms with Crippen molar-refractivity contribution in [2.75, 3.05) is 6.54 Å². The Morgan fingerprint density at radius 3 is 2.75 bits per heavy atom. The van der Waals surface area contributed by atoms with Gasteiger partial charge in [-0.1, -0.05) is 25.1 Å². The van der Waals surface area contributed by atoms with Gasteiger partial charge in [-0.05, 0) is 31.2 Å². The molecule has 0 atom stereocenters. The average molecular weight is 215 g/mol. The Balaban J connectivity index is 2.02. The average Bonchev–Trinajstić information content (AvgIpc) is 2.79. The van der Waals surface area contributed by atoms with Crippen LogP contribution < -0.4 is 5.32 Å². The van der Waals surface area contributed by atoms with Crippen molar-refractivity contribution in [1.29, 1.82) is 0 Å². The molecule has 0 saturated heterocycles. The molecular weight excluding hydrogens is 198 g/mol. The van der Waals surface area contributed by atoms with Crippen LogP contribution >= 0.6 is 0 Å². The molecule has 2 rings (SSSR count).